The number of carbonyl (C=O) groups excluding carboxylic acids is 3. The average molecular weight is 537 g/mol. The molecule has 0 bridgehead atoms. The molecule has 206 valence electrons. The molecular weight excluding hydrogens is 504 g/mol. The van der Waals surface area contributed by atoms with E-state index in [4.69, 9.17) is 5.73 Å². The highest BCUT2D eigenvalue weighted by Gasteiger charge is 2.68. The fraction of sp³-hybridized carbons (Fsp3) is 0.345. The first-order chi connectivity index (χ1) is 17.8. The zero-order chi connectivity index (χ0) is 27.8. The van der Waals surface area contributed by atoms with Gasteiger partial charge in [0.1, 0.15) is 22.8 Å². The summed E-state index contributed by atoms with van der Waals surface area (Å²) in [7, 11) is 2.93. The van der Waals surface area contributed by atoms with E-state index in [0.717, 1.165) is 0 Å². The van der Waals surface area contributed by atoms with Gasteiger partial charge in [0.2, 0.25) is 5.78 Å². The van der Waals surface area contributed by atoms with Gasteiger partial charge in [-0.2, -0.15) is 0 Å². The number of rotatable bonds is 3. The molecule has 1 saturated carbocycles. The van der Waals surface area contributed by atoms with Crippen molar-refractivity contribution < 1.29 is 39.9 Å². The van der Waals surface area contributed by atoms with Crippen molar-refractivity contribution >= 4 is 23.2 Å². The first-order valence-electron chi connectivity index (χ1n) is 12.1. The Morgan fingerprint density at radius 1 is 1.03 bits per heavy atom. The molecule has 5 rings (SSSR count). The molecule has 6 atom stereocenters. The number of phenols is 1. The zero-order valence-electron chi connectivity index (χ0n) is 20.9. The number of nitrogens with zero attached hydrogens (tertiary/aromatic N) is 1. The number of ketones is 2. The smallest absolute Gasteiger partial charge is 0.255 e. The van der Waals surface area contributed by atoms with Gasteiger partial charge in [-0.25, -0.2) is 0 Å². The molecule has 0 saturated heterocycles. The molecule has 2 aromatic rings. The third-order valence-corrected chi connectivity index (χ3v) is 8.21. The summed E-state index contributed by atoms with van der Waals surface area (Å²) in [5, 5.41) is 57.0. The van der Waals surface area contributed by atoms with E-state index in [2.05, 4.69) is 0 Å². The van der Waals surface area contributed by atoms with Gasteiger partial charge in [-0.3, -0.25) is 19.3 Å². The van der Waals surface area contributed by atoms with Gasteiger partial charge >= 0.3 is 0 Å². The van der Waals surface area contributed by atoms with E-state index in [9.17, 15) is 39.9 Å². The van der Waals surface area contributed by atoms with E-state index in [0.29, 0.717) is 16.7 Å². The number of likely N-dealkylation sites (N-methyl/N-ethyl adjacent to an activating group) is 1. The van der Waals surface area contributed by atoms with Crippen molar-refractivity contribution in [3.63, 3.8) is 0 Å². The molecule has 0 heterocycles. The van der Waals surface area contributed by atoms with Crippen molar-refractivity contribution in [2.75, 3.05) is 14.1 Å². The van der Waals surface area contributed by atoms with Gasteiger partial charge in [0.15, 0.2) is 11.4 Å². The molecule has 2 aromatic carbocycles. The molecule has 10 heteroatoms. The number of phenolic OH excluding ortho intramolecular Hbond substituents is 1. The molecule has 0 unspecified atom stereocenters. The van der Waals surface area contributed by atoms with Crippen LogP contribution in [0.1, 0.15) is 31.4 Å². The van der Waals surface area contributed by atoms with Crippen LogP contribution in [0.2, 0.25) is 0 Å². The molecule has 1 fully saturated rings. The van der Waals surface area contributed by atoms with E-state index in [1.165, 1.54) is 19.0 Å². The molecule has 10 nitrogen and oxygen atoms in total. The summed E-state index contributed by atoms with van der Waals surface area (Å²) in [6.45, 7) is 1.69. The van der Waals surface area contributed by atoms with Crippen LogP contribution in [0.25, 0.3) is 16.9 Å². The maximum absolute atomic E-state index is 14.0. The van der Waals surface area contributed by atoms with Gasteiger partial charge < -0.3 is 31.3 Å². The first-order valence-corrected chi connectivity index (χ1v) is 12.1. The lowest BCUT2D eigenvalue weighted by Crippen LogP contribution is -2.70. The van der Waals surface area contributed by atoms with Crippen LogP contribution in [0, 0.1) is 11.8 Å². The number of carbonyl (C=O) groups is 3. The summed E-state index contributed by atoms with van der Waals surface area (Å²) in [5.41, 5.74) is 2.49. The van der Waals surface area contributed by atoms with Crippen LogP contribution >= 0.6 is 0 Å². The van der Waals surface area contributed by atoms with Crippen molar-refractivity contribution in [3.8, 4) is 16.9 Å². The van der Waals surface area contributed by atoms with Crippen LogP contribution in [-0.4, -0.2) is 79.7 Å². The fourth-order valence-corrected chi connectivity index (χ4v) is 6.47. The third kappa shape index (κ3) is 3.55. The number of aromatic hydroxyl groups is 1. The largest absolute Gasteiger partial charge is 0.508 e. The number of hydrogen-bond donors (Lipinski definition) is 6. The molecule has 0 spiro atoms. The molecule has 0 aliphatic heterocycles. The number of primary amides is 1. The monoisotopic (exact) mass is 536 g/mol. The SMILES string of the molecule is C.C[C@@H]1c2ccc(-c3ccccc3)c(O)c2C(O)=C2C(=O)[C@@]3(O)C(O)=C(C(N)=O)C(=O)[C@@H](N(C)C)[C@@H]3[C@H](O)[C@@H]21. The lowest BCUT2D eigenvalue weighted by molar-refractivity contribution is -0.169. The van der Waals surface area contributed by atoms with Crippen molar-refractivity contribution in [3.05, 3.63) is 70.5 Å². The second kappa shape index (κ2) is 9.33. The highest BCUT2D eigenvalue weighted by molar-refractivity contribution is 6.24. The second-order valence-corrected chi connectivity index (χ2v) is 10.3. The van der Waals surface area contributed by atoms with Crippen molar-refractivity contribution in [2.45, 2.75) is 38.0 Å². The average Bonchev–Trinajstić information content (AvgIpc) is 2.86. The summed E-state index contributed by atoms with van der Waals surface area (Å²) in [6.07, 6.45) is -1.62. The van der Waals surface area contributed by atoms with E-state index >= 15 is 0 Å². The maximum Gasteiger partial charge on any atom is 0.255 e. The highest BCUT2D eigenvalue weighted by atomic mass is 16.4. The van der Waals surface area contributed by atoms with E-state index < -0.39 is 75.6 Å². The summed E-state index contributed by atoms with van der Waals surface area (Å²) < 4.78 is 0. The number of aliphatic hydroxyl groups is 4. The Labute approximate surface area is 225 Å². The molecule has 3 aliphatic rings. The van der Waals surface area contributed by atoms with Gasteiger partial charge in [0, 0.05) is 17.1 Å². The molecule has 3 aliphatic carbocycles. The molecule has 0 aromatic heterocycles. The minimum Gasteiger partial charge on any atom is -0.508 e. The van der Waals surface area contributed by atoms with Crippen molar-refractivity contribution in [2.24, 2.45) is 17.6 Å². The van der Waals surface area contributed by atoms with E-state index in [-0.39, 0.29) is 18.7 Å². The number of nitrogens with two attached hydrogens (primary N) is 1. The van der Waals surface area contributed by atoms with Gasteiger partial charge in [0.25, 0.3) is 5.91 Å². The predicted molar refractivity (Wildman–Crippen MR) is 143 cm³/mol. The molecule has 39 heavy (non-hydrogen) atoms. The molecule has 7 N–H and O–H groups in total. The standard InChI is InChI=1S/C28H28N2O8.CH4/c1-11-13-9-10-14(12-7-5-4-6-8-12)21(31)16(13)22(32)17-15(11)23(33)19-20(30(2)3)24(34)18(27(29)37)26(36)28(19,38)25(17)35;/h4-11,15,19-20,23,31-33,36,38H,1-3H3,(H2,29,37);1H4/t11-,15-,19-,20+,23-,28-;/m1./s1. The lowest BCUT2D eigenvalue weighted by atomic mass is 9.54. The molecule has 0 radical (unpaired) electrons. The fourth-order valence-electron chi connectivity index (χ4n) is 6.47. The normalized spacial score (nSPS) is 29.9. The first kappa shape index (κ1) is 28.0. The Balaban J connectivity index is 0.00000353. The van der Waals surface area contributed by atoms with Crippen LogP contribution in [0.3, 0.4) is 0 Å². The minimum absolute atomic E-state index is 0. The Morgan fingerprint density at radius 2 is 1.64 bits per heavy atom. The molecular formula is C29H32N2O8. The molecule has 1 amide bonds. The van der Waals surface area contributed by atoms with Gasteiger partial charge in [0.05, 0.1) is 23.6 Å². The summed E-state index contributed by atoms with van der Waals surface area (Å²) >= 11 is 0. The lowest BCUT2D eigenvalue weighted by Gasteiger charge is -2.53. The predicted octanol–water partition coefficient (Wildman–Crippen LogP) is 1.80. The summed E-state index contributed by atoms with van der Waals surface area (Å²) in [4.78, 5) is 40.7. The number of Topliss-reactive ketones (excluding diaryl/α,β-unsaturated/α-hetero) is 2. The van der Waals surface area contributed by atoms with Gasteiger partial charge in [-0.15, -0.1) is 0 Å². The van der Waals surface area contributed by atoms with Crippen LogP contribution in [0.5, 0.6) is 5.75 Å². The summed E-state index contributed by atoms with van der Waals surface area (Å²) in [6, 6.07) is 10.9. The number of hydrogen-bond acceptors (Lipinski definition) is 9. The van der Waals surface area contributed by atoms with Crippen LogP contribution in [-0.2, 0) is 14.4 Å². The van der Waals surface area contributed by atoms with Gasteiger partial charge in [-0.1, -0.05) is 56.8 Å². The Morgan fingerprint density at radius 3 is 2.21 bits per heavy atom. The van der Waals surface area contributed by atoms with Crippen LogP contribution in [0.4, 0.5) is 0 Å². The van der Waals surface area contributed by atoms with Crippen molar-refractivity contribution in [1.82, 2.24) is 4.90 Å². The van der Waals surface area contributed by atoms with Crippen molar-refractivity contribution in [1.29, 1.82) is 0 Å². The Kier molecular flexibility index (Phi) is 6.71. The maximum atomic E-state index is 14.0. The quantitative estimate of drug-likeness (QED) is 0.319. The number of fused-ring (bicyclic) bond motifs is 3. The highest BCUT2D eigenvalue weighted by Crippen LogP contribution is 2.56. The van der Waals surface area contributed by atoms with E-state index in [1.54, 1.807) is 49.4 Å². The Hall–Kier alpha value is -3.99. The third-order valence-electron chi connectivity index (χ3n) is 8.21. The summed E-state index contributed by atoms with van der Waals surface area (Å²) in [5.74, 6) is -9.03. The van der Waals surface area contributed by atoms with Gasteiger partial charge in [-0.05, 0) is 31.1 Å². The van der Waals surface area contributed by atoms with Crippen LogP contribution < -0.4 is 5.73 Å². The topological polar surface area (TPSA) is 182 Å². The number of aliphatic hydroxyl groups excluding tert-OH is 3. The van der Waals surface area contributed by atoms with E-state index in [1.807, 2.05) is 0 Å². The second-order valence-electron chi connectivity index (χ2n) is 10.3. The zero-order valence-corrected chi connectivity index (χ0v) is 20.9. The number of amides is 1. The number of benzene rings is 2. The minimum atomic E-state index is -2.93. The van der Waals surface area contributed by atoms with Crippen LogP contribution in [0.15, 0.2) is 59.4 Å². The Bertz CT molecular complexity index is 1460.